The average molecular weight is 278 g/mol. The van der Waals surface area contributed by atoms with Gasteiger partial charge in [0.1, 0.15) is 0 Å². The third-order valence-corrected chi connectivity index (χ3v) is 3.67. The number of hydrogen-bond donors (Lipinski definition) is 1. The second-order valence-corrected chi connectivity index (χ2v) is 5.10. The first kappa shape index (κ1) is 13.4. The summed E-state index contributed by atoms with van der Waals surface area (Å²) in [4.78, 5) is 14.0. The van der Waals surface area contributed by atoms with Crippen LogP contribution in [0.3, 0.4) is 0 Å². The topological polar surface area (TPSA) is 32.3 Å². The molecule has 0 radical (unpaired) electrons. The molecule has 2 aromatic rings. The minimum absolute atomic E-state index is 0.106. The number of carbonyl (C=O) groups excluding carboxylic acids is 1. The van der Waals surface area contributed by atoms with Crippen LogP contribution in [0.5, 0.6) is 0 Å². The van der Waals surface area contributed by atoms with E-state index in [1.54, 1.807) is 4.90 Å². The molecule has 0 bridgehead atoms. The SMILES string of the molecule is CCc1ccc(NC(=O)N2C=c3ccccc3=CC2)cc1. The van der Waals surface area contributed by atoms with Crippen molar-refractivity contribution in [2.75, 3.05) is 11.9 Å². The molecule has 0 saturated carbocycles. The van der Waals surface area contributed by atoms with Crippen molar-refractivity contribution in [1.82, 2.24) is 4.90 Å². The Morgan fingerprint density at radius 1 is 1.10 bits per heavy atom. The maximum atomic E-state index is 12.3. The van der Waals surface area contributed by atoms with Gasteiger partial charge >= 0.3 is 6.03 Å². The first-order valence-electron chi connectivity index (χ1n) is 7.20. The summed E-state index contributed by atoms with van der Waals surface area (Å²) in [6.07, 6.45) is 4.96. The zero-order valence-electron chi connectivity index (χ0n) is 12.0. The van der Waals surface area contributed by atoms with Crippen LogP contribution in [0.4, 0.5) is 10.5 Å². The number of anilines is 1. The van der Waals surface area contributed by atoms with Crippen LogP contribution in [0.2, 0.25) is 0 Å². The van der Waals surface area contributed by atoms with Crippen molar-refractivity contribution >= 4 is 24.0 Å². The molecule has 106 valence electrons. The number of fused-ring (bicyclic) bond motifs is 1. The number of rotatable bonds is 2. The Bertz CT molecular complexity index is 763. The van der Waals surface area contributed by atoms with Crippen molar-refractivity contribution in [3.8, 4) is 0 Å². The molecule has 21 heavy (non-hydrogen) atoms. The van der Waals surface area contributed by atoms with Crippen LogP contribution in [0.15, 0.2) is 48.5 Å². The lowest BCUT2D eigenvalue weighted by Gasteiger charge is -2.20. The number of aryl methyl sites for hydroxylation is 1. The number of benzene rings is 2. The molecule has 1 N–H and O–H groups in total. The molecule has 0 spiro atoms. The molecule has 2 amide bonds. The van der Waals surface area contributed by atoms with E-state index < -0.39 is 0 Å². The molecule has 1 aliphatic heterocycles. The van der Waals surface area contributed by atoms with Crippen LogP contribution >= 0.6 is 0 Å². The van der Waals surface area contributed by atoms with Gasteiger partial charge in [-0.25, -0.2) is 4.79 Å². The molecule has 2 aromatic carbocycles. The maximum absolute atomic E-state index is 12.3. The lowest BCUT2D eigenvalue weighted by Crippen LogP contribution is -2.39. The molecule has 0 aromatic heterocycles. The summed E-state index contributed by atoms with van der Waals surface area (Å²) in [6.45, 7) is 2.71. The van der Waals surface area contributed by atoms with E-state index in [1.165, 1.54) is 10.8 Å². The summed E-state index contributed by atoms with van der Waals surface area (Å²) in [5, 5.41) is 5.17. The standard InChI is InChI=1S/C18H18N2O/c1-2-14-7-9-17(10-8-14)19-18(21)20-12-11-15-5-3-4-6-16(15)13-20/h3-11,13H,2,12H2,1H3,(H,19,21). The van der Waals surface area contributed by atoms with E-state index in [0.717, 1.165) is 17.3 Å². The Hall–Kier alpha value is -2.55. The number of nitrogens with zero attached hydrogens (tertiary/aromatic N) is 1. The molecule has 1 heterocycles. The van der Waals surface area contributed by atoms with Crippen LogP contribution in [0.1, 0.15) is 12.5 Å². The fourth-order valence-electron chi connectivity index (χ4n) is 2.39. The van der Waals surface area contributed by atoms with Gasteiger partial charge in [-0.2, -0.15) is 0 Å². The van der Waals surface area contributed by atoms with Crippen LogP contribution < -0.4 is 15.8 Å². The van der Waals surface area contributed by atoms with E-state index in [0.29, 0.717) is 6.54 Å². The van der Waals surface area contributed by atoms with Crippen LogP contribution in [0, 0.1) is 0 Å². The number of carbonyl (C=O) groups is 1. The third-order valence-electron chi connectivity index (χ3n) is 3.67. The lowest BCUT2D eigenvalue weighted by molar-refractivity contribution is 0.236. The summed E-state index contributed by atoms with van der Waals surface area (Å²) in [6, 6.07) is 15.9. The highest BCUT2D eigenvalue weighted by Gasteiger charge is 2.12. The highest BCUT2D eigenvalue weighted by molar-refractivity contribution is 5.92. The van der Waals surface area contributed by atoms with E-state index in [1.807, 2.05) is 48.7 Å². The zero-order chi connectivity index (χ0) is 14.7. The van der Waals surface area contributed by atoms with E-state index >= 15 is 0 Å². The fourth-order valence-corrected chi connectivity index (χ4v) is 2.39. The number of urea groups is 1. The van der Waals surface area contributed by atoms with Crippen molar-refractivity contribution in [1.29, 1.82) is 0 Å². The molecule has 3 nitrogen and oxygen atoms in total. The second-order valence-electron chi connectivity index (χ2n) is 5.10. The molecule has 0 aliphatic carbocycles. The van der Waals surface area contributed by atoms with Crippen molar-refractivity contribution in [2.45, 2.75) is 13.3 Å². The van der Waals surface area contributed by atoms with E-state index in [2.05, 4.69) is 24.4 Å². The molecule has 0 saturated heterocycles. The molecule has 0 unspecified atom stereocenters. The summed E-state index contributed by atoms with van der Waals surface area (Å²) >= 11 is 0. The van der Waals surface area contributed by atoms with Crippen molar-refractivity contribution in [3.05, 3.63) is 64.5 Å². The summed E-state index contributed by atoms with van der Waals surface area (Å²) in [5.41, 5.74) is 2.09. The number of hydrogen-bond acceptors (Lipinski definition) is 1. The molecule has 0 fully saturated rings. The first-order chi connectivity index (χ1) is 10.3. The summed E-state index contributed by atoms with van der Waals surface area (Å²) < 4.78 is 0. The largest absolute Gasteiger partial charge is 0.326 e. The zero-order valence-corrected chi connectivity index (χ0v) is 12.0. The summed E-state index contributed by atoms with van der Waals surface area (Å²) in [7, 11) is 0. The van der Waals surface area contributed by atoms with Gasteiger partial charge in [0, 0.05) is 18.4 Å². The van der Waals surface area contributed by atoms with E-state index in [4.69, 9.17) is 0 Å². The van der Waals surface area contributed by atoms with Gasteiger partial charge in [-0.1, -0.05) is 49.4 Å². The van der Waals surface area contributed by atoms with Gasteiger partial charge in [0.15, 0.2) is 0 Å². The van der Waals surface area contributed by atoms with Crippen LogP contribution in [-0.2, 0) is 6.42 Å². The van der Waals surface area contributed by atoms with Crippen molar-refractivity contribution in [3.63, 3.8) is 0 Å². The Balaban J connectivity index is 1.75. The van der Waals surface area contributed by atoms with Gasteiger partial charge in [-0.15, -0.1) is 0 Å². The van der Waals surface area contributed by atoms with Gasteiger partial charge < -0.3 is 5.32 Å². The molecule has 1 aliphatic rings. The molecule has 3 heteroatoms. The van der Waals surface area contributed by atoms with Crippen molar-refractivity contribution < 1.29 is 4.79 Å². The van der Waals surface area contributed by atoms with Crippen LogP contribution in [0.25, 0.3) is 12.3 Å². The van der Waals surface area contributed by atoms with E-state index in [-0.39, 0.29) is 6.03 Å². The van der Waals surface area contributed by atoms with Crippen molar-refractivity contribution in [2.24, 2.45) is 0 Å². The predicted octanol–water partition coefficient (Wildman–Crippen LogP) is 2.32. The minimum atomic E-state index is -0.106. The minimum Gasteiger partial charge on any atom is -0.308 e. The molecule has 3 rings (SSSR count). The van der Waals surface area contributed by atoms with Gasteiger partial charge in [-0.05, 0) is 34.6 Å². The summed E-state index contributed by atoms with van der Waals surface area (Å²) in [5.74, 6) is 0. The highest BCUT2D eigenvalue weighted by Crippen LogP contribution is 2.11. The Kier molecular flexibility index (Phi) is 3.73. The van der Waals surface area contributed by atoms with Crippen LogP contribution in [-0.4, -0.2) is 17.5 Å². The highest BCUT2D eigenvalue weighted by atomic mass is 16.2. The maximum Gasteiger partial charge on any atom is 0.326 e. The van der Waals surface area contributed by atoms with Gasteiger partial charge in [0.25, 0.3) is 0 Å². The molecular weight excluding hydrogens is 260 g/mol. The fraction of sp³-hybridized carbons (Fsp3) is 0.167. The van der Waals surface area contributed by atoms with Gasteiger partial charge in [-0.3, -0.25) is 4.90 Å². The third kappa shape index (κ3) is 2.97. The molecular formula is C18H18N2O. The smallest absolute Gasteiger partial charge is 0.308 e. The van der Waals surface area contributed by atoms with Gasteiger partial charge in [0.05, 0.1) is 0 Å². The first-order valence-corrected chi connectivity index (χ1v) is 7.20. The van der Waals surface area contributed by atoms with Gasteiger partial charge in [0.2, 0.25) is 0 Å². The molecule has 0 atom stereocenters. The Labute approximate surface area is 124 Å². The quantitative estimate of drug-likeness (QED) is 0.898. The van der Waals surface area contributed by atoms with E-state index in [9.17, 15) is 4.79 Å². The normalized spacial score (nSPS) is 12.9. The number of amides is 2. The Morgan fingerprint density at radius 3 is 2.52 bits per heavy atom. The lowest BCUT2D eigenvalue weighted by atomic mass is 10.1. The second kappa shape index (κ2) is 5.83. The average Bonchev–Trinajstić information content (AvgIpc) is 2.55. The number of nitrogens with one attached hydrogen (secondary N) is 1. The Morgan fingerprint density at radius 2 is 1.81 bits per heavy atom. The monoisotopic (exact) mass is 278 g/mol. The predicted molar refractivity (Wildman–Crippen MR) is 86.2 cm³/mol.